The van der Waals surface area contributed by atoms with Crippen LogP contribution in [0.2, 0.25) is 0 Å². The van der Waals surface area contributed by atoms with Crippen molar-refractivity contribution in [1.29, 1.82) is 0 Å². The predicted octanol–water partition coefficient (Wildman–Crippen LogP) is 3.31. The lowest BCUT2D eigenvalue weighted by molar-refractivity contribution is 0.523. The molecule has 1 fully saturated rings. The van der Waals surface area contributed by atoms with Crippen LogP contribution in [-0.2, 0) is 6.54 Å². The summed E-state index contributed by atoms with van der Waals surface area (Å²) in [5.74, 6) is 1.51. The highest BCUT2D eigenvalue weighted by Crippen LogP contribution is 2.23. The summed E-state index contributed by atoms with van der Waals surface area (Å²) in [7, 11) is 0. The molecule has 26 heavy (non-hydrogen) atoms. The van der Waals surface area contributed by atoms with Gasteiger partial charge in [-0.05, 0) is 37.5 Å². The smallest absolute Gasteiger partial charge is 0.205 e. The minimum Gasteiger partial charge on any atom is -0.366 e. The molecule has 0 amide bonds. The van der Waals surface area contributed by atoms with Crippen LogP contribution in [0.1, 0.15) is 24.2 Å². The summed E-state index contributed by atoms with van der Waals surface area (Å²) in [5, 5.41) is 9.12. The number of benzene rings is 1. The van der Waals surface area contributed by atoms with Crippen molar-refractivity contribution >= 4 is 22.5 Å². The molecule has 0 atom stereocenters. The van der Waals surface area contributed by atoms with Crippen LogP contribution in [0.25, 0.3) is 0 Å². The van der Waals surface area contributed by atoms with Crippen molar-refractivity contribution in [2.24, 2.45) is 0 Å². The second kappa shape index (κ2) is 7.41. The number of nitrogens with one attached hydrogen (secondary N) is 1. The first-order valence-electron chi connectivity index (χ1n) is 8.75. The maximum absolute atomic E-state index is 13.0. The molecule has 1 N–H and O–H groups in total. The molecule has 8 heteroatoms. The van der Waals surface area contributed by atoms with Crippen molar-refractivity contribution in [3.05, 3.63) is 53.7 Å². The van der Waals surface area contributed by atoms with Crippen LogP contribution < -0.4 is 10.2 Å². The third-order valence-corrected chi connectivity index (χ3v) is 5.40. The first kappa shape index (κ1) is 17.0. The molecule has 0 aliphatic carbocycles. The first-order valence-corrected chi connectivity index (χ1v) is 9.53. The summed E-state index contributed by atoms with van der Waals surface area (Å²) in [6.45, 7) is 4.51. The Morgan fingerprint density at radius 3 is 2.65 bits per heavy atom. The zero-order valence-electron chi connectivity index (χ0n) is 14.6. The Bertz CT molecular complexity index is 851. The zero-order chi connectivity index (χ0) is 17.9. The van der Waals surface area contributed by atoms with E-state index < -0.39 is 0 Å². The number of hydrogen-bond acceptors (Lipinski definition) is 6. The Labute approximate surface area is 155 Å². The maximum atomic E-state index is 13.0. The van der Waals surface area contributed by atoms with E-state index in [9.17, 15) is 4.39 Å². The molecule has 4 rings (SSSR count). The topological polar surface area (TPSA) is 58.9 Å². The Morgan fingerprint density at radius 2 is 1.96 bits per heavy atom. The molecule has 1 aliphatic rings. The van der Waals surface area contributed by atoms with Crippen LogP contribution in [0.15, 0.2) is 36.5 Å². The average molecular weight is 372 g/mol. The molecule has 6 nitrogen and oxygen atoms in total. The summed E-state index contributed by atoms with van der Waals surface area (Å²) in [4.78, 5) is 6.77. The Balaban J connectivity index is 1.30. The number of aromatic nitrogens is 4. The van der Waals surface area contributed by atoms with Crippen molar-refractivity contribution in [1.82, 2.24) is 19.1 Å². The Morgan fingerprint density at radius 1 is 1.19 bits per heavy atom. The number of halogens is 1. The minimum absolute atomic E-state index is 0.216. The van der Waals surface area contributed by atoms with Gasteiger partial charge in [0, 0.05) is 42.9 Å². The molecule has 0 unspecified atom stereocenters. The minimum atomic E-state index is -0.216. The standard InChI is InChI=1S/C18H21FN6S/c1-13-20-18(26-23-13)24-9-6-16(7-10-24)21-17-8-11-25(22-17)12-14-2-4-15(19)5-3-14/h2-5,8,11,16H,6-7,9-10,12H2,1H3,(H,21,22). The summed E-state index contributed by atoms with van der Waals surface area (Å²) in [5.41, 5.74) is 1.03. The van der Waals surface area contributed by atoms with Gasteiger partial charge in [0.1, 0.15) is 17.5 Å². The fourth-order valence-electron chi connectivity index (χ4n) is 3.14. The van der Waals surface area contributed by atoms with Crippen LogP contribution in [-0.4, -0.2) is 38.3 Å². The third kappa shape index (κ3) is 4.01. The number of nitrogens with zero attached hydrogens (tertiary/aromatic N) is 5. The van der Waals surface area contributed by atoms with Gasteiger partial charge in [0.25, 0.3) is 0 Å². The number of anilines is 2. The van der Waals surface area contributed by atoms with E-state index in [0.717, 1.165) is 48.3 Å². The average Bonchev–Trinajstić information content (AvgIpc) is 3.27. The van der Waals surface area contributed by atoms with E-state index in [2.05, 4.69) is 24.7 Å². The zero-order valence-corrected chi connectivity index (χ0v) is 15.4. The molecular formula is C18H21FN6S. The molecule has 0 radical (unpaired) electrons. The molecule has 3 heterocycles. The van der Waals surface area contributed by atoms with Gasteiger partial charge in [-0.2, -0.15) is 9.47 Å². The number of hydrogen-bond donors (Lipinski definition) is 1. The molecule has 1 aromatic carbocycles. The van der Waals surface area contributed by atoms with Gasteiger partial charge < -0.3 is 10.2 Å². The van der Waals surface area contributed by atoms with Gasteiger partial charge in [-0.25, -0.2) is 9.37 Å². The highest BCUT2D eigenvalue weighted by molar-refractivity contribution is 7.09. The summed E-state index contributed by atoms with van der Waals surface area (Å²) in [6.07, 6.45) is 4.04. The second-order valence-corrected chi connectivity index (χ2v) is 7.29. The fraction of sp³-hybridized carbons (Fsp3) is 0.389. The quantitative estimate of drug-likeness (QED) is 0.745. The van der Waals surface area contributed by atoms with Gasteiger partial charge in [0.2, 0.25) is 5.13 Å². The van der Waals surface area contributed by atoms with Crippen LogP contribution in [0.4, 0.5) is 15.3 Å². The lowest BCUT2D eigenvalue weighted by Gasteiger charge is -2.31. The van der Waals surface area contributed by atoms with Crippen molar-refractivity contribution in [2.45, 2.75) is 32.4 Å². The fourth-order valence-corrected chi connectivity index (χ4v) is 3.87. The maximum Gasteiger partial charge on any atom is 0.205 e. The normalized spacial score (nSPS) is 15.4. The molecular weight excluding hydrogens is 351 g/mol. The highest BCUT2D eigenvalue weighted by Gasteiger charge is 2.21. The second-order valence-electron chi connectivity index (χ2n) is 6.55. The molecule has 2 aromatic heterocycles. The van der Waals surface area contributed by atoms with E-state index in [-0.39, 0.29) is 5.82 Å². The molecule has 1 saturated heterocycles. The molecule has 136 valence electrons. The van der Waals surface area contributed by atoms with E-state index in [0.29, 0.717) is 12.6 Å². The lowest BCUT2D eigenvalue weighted by Crippen LogP contribution is -2.39. The van der Waals surface area contributed by atoms with Gasteiger partial charge in [-0.3, -0.25) is 4.68 Å². The first-order chi connectivity index (χ1) is 12.7. The van der Waals surface area contributed by atoms with Crippen molar-refractivity contribution in [2.75, 3.05) is 23.3 Å². The van der Waals surface area contributed by atoms with Crippen molar-refractivity contribution in [3.63, 3.8) is 0 Å². The Kier molecular flexibility index (Phi) is 4.83. The van der Waals surface area contributed by atoms with E-state index in [1.54, 1.807) is 12.1 Å². The van der Waals surface area contributed by atoms with Crippen molar-refractivity contribution < 1.29 is 4.39 Å². The third-order valence-electron chi connectivity index (χ3n) is 4.53. The summed E-state index contributed by atoms with van der Waals surface area (Å²) in [6, 6.07) is 8.93. The van der Waals surface area contributed by atoms with Gasteiger partial charge in [-0.15, -0.1) is 0 Å². The van der Waals surface area contributed by atoms with Crippen LogP contribution in [0.3, 0.4) is 0 Å². The monoisotopic (exact) mass is 372 g/mol. The number of aryl methyl sites for hydroxylation is 1. The Hall–Kier alpha value is -2.48. The SMILES string of the molecule is Cc1nsc(N2CCC(Nc3ccn(Cc4ccc(F)cc4)n3)CC2)n1. The molecule has 0 saturated carbocycles. The van der Waals surface area contributed by atoms with Crippen molar-refractivity contribution in [3.8, 4) is 0 Å². The summed E-state index contributed by atoms with van der Waals surface area (Å²) >= 11 is 1.47. The molecule has 0 spiro atoms. The van der Waals surface area contributed by atoms with E-state index in [4.69, 9.17) is 0 Å². The predicted molar refractivity (Wildman–Crippen MR) is 101 cm³/mol. The van der Waals surface area contributed by atoms with E-state index in [1.807, 2.05) is 23.9 Å². The number of piperidine rings is 1. The largest absolute Gasteiger partial charge is 0.366 e. The highest BCUT2D eigenvalue weighted by atomic mass is 32.1. The molecule has 0 bridgehead atoms. The van der Waals surface area contributed by atoms with E-state index >= 15 is 0 Å². The molecule has 3 aromatic rings. The van der Waals surface area contributed by atoms with Crippen LogP contribution in [0, 0.1) is 12.7 Å². The van der Waals surface area contributed by atoms with Gasteiger partial charge in [0.15, 0.2) is 0 Å². The van der Waals surface area contributed by atoms with Crippen LogP contribution in [0.5, 0.6) is 0 Å². The lowest BCUT2D eigenvalue weighted by atomic mass is 10.1. The van der Waals surface area contributed by atoms with Gasteiger partial charge in [0.05, 0.1) is 6.54 Å². The molecule has 1 aliphatic heterocycles. The summed E-state index contributed by atoms with van der Waals surface area (Å²) < 4.78 is 19.1. The van der Waals surface area contributed by atoms with Crippen LogP contribution >= 0.6 is 11.5 Å². The van der Waals surface area contributed by atoms with Gasteiger partial charge >= 0.3 is 0 Å². The number of rotatable bonds is 5. The van der Waals surface area contributed by atoms with Gasteiger partial charge in [-0.1, -0.05) is 12.1 Å². The van der Waals surface area contributed by atoms with E-state index in [1.165, 1.54) is 23.7 Å².